The van der Waals surface area contributed by atoms with Crippen LogP contribution in [0.1, 0.15) is 37.5 Å². The van der Waals surface area contributed by atoms with Gasteiger partial charge in [0.15, 0.2) is 0 Å². The van der Waals surface area contributed by atoms with Crippen LogP contribution in [0.2, 0.25) is 0 Å². The first-order valence-corrected chi connectivity index (χ1v) is 7.78. The van der Waals surface area contributed by atoms with Crippen molar-refractivity contribution in [2.75, 3.05) is 6.54 Å². The molecule has 2 N–H and O–H groups in total. The maximum absolute atomic E-state index is 11.8. The topological polar surface area (TPSA) is 43.1 Å². The lowest BCUT2D eigenvalue weighted by Crippen LogP contribution is -2.11. The minimum absolute atomic E-state index is 0.337. The van der Waals surface area contributed by atoms with Gasteiger partial charge in [-0.15, -0.1) is 11.3 Å². The number of halogens is 1. The highest BCUT2D eigenvalue weighted by molar-refractivity contribution is 9.10. The molecule has 0 bridgehead atoms. The second kappa shape index (κ2) is 8.01. The largest absolute Gasteiger partial charge is 0.330 e. The van der Waals surface area contributed by atoms with Crippen molar-refractivity contribution >= 4 is 33.0 Å². The van der Waals surface area contributed by atoms with Gasteiger partial charge < -0.3 is 5.73 Å². The van der Waals surface area contributed by atoms with Crippen molar-refractivity contribution in [3.8, 4) is 0 Å². The number of hydrogen-bond donors (Lipinski definition) is 1. The molecule has 1 atom stereocenters. The molecular formula is C13H20BrNOS. The quantitative estimate of drug-likeness (QED) is 0.793. The zero-order valence-electron chi connectivity index (χ0n) is 10.2. The number of carbonyl (C=O) groups excluding carboxylic acids is 1. The minimum Gasteiger partial charge on any atom is -0.330 e. The fourth-order valence-electron chi connectivity index (χ4n) is 1.87. The lowest BCUT2D eigenvalue weighted by molar-refractivity contribution is -0.118. The van der Waals surface area contributed by atoms with Crippen molar-refractivity contribution in [2.45, 2.75) is 39.0 Å². The number of Topliss-reactive ketones (excluding diaryl/α,β-unsaturated/α-hetero) is 1. The maximum atomic E-state index is 11.8. The maximum Gasteiger partial charge on any atom is 0.138 e. The lowest BCUT2D eigenvalue weighted by Gasteiger charge is -2.12. The van der Waals surface area contributed by atoms with E-state index in [1.807, 2.05) is 11.4 Å². The Labute approximate surface area is 116 Å². The van der Waals surface area contributed by atoms with Crippen LogP contribution in [0.25, 0.3) is 0 Å². The summed E-state index contributed by atoms with van der Waals surface area (Å²) in [4.78, 5) is 13.0. The molecular weight excluding hydrogens is 298 g/mol. The summed E-state index contributed by atoms with van der Waals surface area (Å²) >= 11 is 5.10. The average molecular weight is 318 g/mol. The van der Waals surface area contributed by atoms with Crippen LogP contribution < -0.4 is 5.73 Å². The van der Waals surface area contributed by atoms with E-state index in [1.165, 1.54) is 0 Å². The van der Waals surface area contributed by atoms with Crippen molar-refractivity contribution in [3.05, 3.63) is 20.8 Å². The molecule has 17 heavy (non-hydrogen) atoms. The van der Waals surface area contributed by atoms with Gasteiger partial charge in [0.25, 0.3) is 0 Å². The van der Waals surface area contributed by atoms with Gasteiger partial charge in [0.2, 0.25) is 0 Å². The van der Waals surface area contributed by atoms with Gasteiger partial charge in [-0.25, -0.2) is 0 Å². The van der Waals surface area contributed by atoms with E-state index in [-0.39, 0.29) is 0 Å². The highest BCUT2D eigenvalue weighted by Gasteiger charge is 2.11. The second-order valence-electron chi connectivity index (χ2n) is 4.30. The van der Waals surface area contributed by atoms with E-state index in [2.05, 4.69) is 22.9 Å². The number of nitrogens with two attached hydrogens (primary N) is 1. The van der Waals surface area contributed by atoms with Crippen LogP contribution in [-0.2, 0) is 11.2 Å². The predicted molar refractivity (Wildman–Crippen MR) is 77.4 cm³/mol. The van der Waals surface area contributed by atoms with Gasteiger partial charge in [-0.05, 0) is 52.7 Å². The molecule has 2 nitrogen and oxygen atoms in total. The van der Waals surface area contributed by atoms with Gasteiger partial charge in [-0.3, -0.25) is 4.79 Å². The molecule has 0 radical (unpaired) electrons. The van der Waals surface area contributed by atoms with Crippen molar-refractivity contribution in [2.24, 2.45) is 11.7 Å². The second-order valence-corrected chi connectivity index (χ2v) is 6.15. The standard InChI is InChI=1S/C13H20BrNOS/c1-2-10(5-7-15)3-4-11(16)9-13-12(14)6-8-17-13/h6,8,10H,2-5,7,9,15H2,1H3. The van der Waals surface area contributed by atoms with Gasteiger partial charge in [0.05, 0.1) is 0 Å². The summed E-state index contributed by atoms with van der Waals surface area (Å²) in [6, 6.07) is 2.00. The third-order valence-electron chi connectivity index (χ3n) is 3.03. The summed E-state index contributed by atoms with van der Waals surface area (Å²) in [6.45, 7) is 2.89. The normalized spacial score (nSPS) is 12.6. The Bertz CT molecular complexity index is 351. The number of carbonyl (C=O) groups is 1. The van der Waals surface area contributed by atoms with E-state index in [9.17, 15) is 4.79 Å². The smallest absolute Gasteiger partial charge is 0.138 e. The Morgan fingerprint density at radius 2 is 2.29 bits per heavy atom. The summed E-state index contributed by atoms with van der Waals surface area (Å²) < 4.78 is 1.06. The van der Waals surface area contributed by atoms with Crippen molar-refractivity contribution in [3.63, 3.8) is 0 Å². The van der Waals surface area contributed by atoms with E-state index in [4.69, 9.17) is 5.73 Å². The van der Waals surface area contributed by atoms with Gasteiger partial charge >= 0.3 is 0 Å². The Morgan fingerprint density at radius 3 is 2.82 bits per heavy atom. The third-order valence-corrected chi connectivity index (χ3v) is 4.96. The van der Waals surface area contributed by atoms with E-state index in [0.29, 0.717) is 24.5 Å². The molecule has 0 aliphatic heterocycles. The molecule has 0 saturated carbocycles. The molecule has 0 aliphatic carbocycles. The van der Waals surface area contributed by atoms with Crippen LogP contribution in [0.15, 0.2) is 15.9 Å². The first kappa shape index (κ1) is 14.9. The lowest BCUT2D eigenvalue weighted by atomic mass is 9.95. The first-order valence-electron chi connectivity index (χ1n) is 6.11. The molecule has 0 saturated heterocycles. The molecule has 0 aromatic carbocycles. The zero-order valence-corrected chi connectivity index (χ0v) is 12.6. The molecule has 1 aromatic rings. The highest BCUT2D eigenvalue weighted by atomic mass is 79.9. The number of ketones is 1. The van der Waals surface area contributed by atoms with Crippen LogP contribution in [0.3, 0.4) is 0 Å². The van der Waals surface area contributed by atoms with Gasteiger partial charge in [0.1, 0.15) is 5.78 Å². The SMILES string of the molecule is CCC(CCN)CCC(=O)Cc1sccc1Br. The minimum atomic E-state index is 0.337. The Kier molecular flexibility index (Phi) is 7.00. The van der Waals surface area contributed by atoms with E-state index in [1.54, 1.807) is 11.3 Å². The van der Waals surface area contributed by atoms with Crippen LogP contribution in [0, 0.1) is 5.92 Å². The van der Waals surface area contributed by atoms with Gasteiger partial charge in [0, 0.05) is 22.2 Å². The summed E-state index contributed by atoms with van der Waals surface area (Å²) in [7, 11) is 0. The number of hydrogen-bond acceptors (Lipinski definition) is 3. The molecule has 96 valence electrons. The predicted octanol–water partition coefficient (Wildman–Crippen LogP) is 3.78. The summed E-state index contributed by atoms with van der Waals surface area (Å²) in [5.41, 5.74) is 5.55. The van der Waals surface area contributed by atoms with Gasteiger partial charge in [-0.2, -0.15) is 0 Å². The molecule has 0 spiro atoms. The zero-order chi connectivity index (χ0) is 12.7. The van der Waals surface area contributed by atoms with Crippen LogP contribution >= 0.6 is 27.3 Å². The molecule has 1 rings (SSSR count). The van der Waals surface area contributed by atoms with Crippen molar-refractivity contribution < 1.29 is 4.79 Å². The molecule has 1 heterocycles. The molecule has 0 amide bonds. The number of rotatable bonds is 8. The molecule has 1 aromatic heterocycles. The monoisotopic (exact) mass is 317 g/mol. The Balaban J connectivity index is 2.32. The van der Waals surface area contributed by atoms with Crippen LogP contribution in [0.4, 0.5) is 0 Å². The Morgan fingerprint density at radius 1 is 1.53 bits per heavy atom. The Hall–Kier alpha value is -0.190. The summed E-state index contributed by atoms with van der Waals surface area (Å²) in [5.74, 6) is 0.944. The molecule has 0 fully saturated rings. The third kappa shape index (κ3) is 5.32. The van der Waals surface area contributed by atoms with E-state index < -0.39 is 0 Å². The van der Waals surface area contributed by atoms with E-state index >= 15 is 0 Å². The average Bonchev–Trinajstić information content (AvgIpc) is 2.70. The van der Waals surface area contributed by atoms with Crippen molar-refractivity contribution in [1.82, 2.24) is 0 Å². The molecule has 1 unspecified atom stereocenters. The fraction of sp³-hybridized carbons (Fsp3) is 0.615. The highest BCUT2D eigenvalue weighted by Crippen LogP contribution is 2.24. The van der Waals surface area contributed by atoms with E-state index in [0.717, 1.165) is 35.2 Å². The summed E-state index contributed by atoms with van der Waals surface area (Å²) in [5, 5.41) is 2.01. The summed E-state index contributed by atoms with van der Waals surface area (Å²) in [6.07, 6.45) is 4.38. The molecule has 0 aliphatic rings. The van der Waals surface area contributed by atoms with Crippen LogP contribution in [0.5, 0.6) is 0 Å². The van der Waals surface area contributed by atoms with Crippen LogP contribution in [-0.4, -0.2) is 12.3 Å². The fourth-order valence-corrected chi connectivity index (χ4v) is 3.39. The van der Waals surface area contributed by atoms with Gasteiger partial charge in [-0.1, -0.05) is 13.3 Å². The van der Waals surface area contributed by atoms with Crippen molar-refractivity contribution in [1.29, 1.82) is 0 Å². The first-order chi connectivity index (χ1) is 8.17. The number of thiophene rings is 1. The molecule has 4 heteroatoms.